The largest absolute Gasteiger partial charge is 0.493 e. The average Bonchev–Trinajstić information content (AvgIpc) is 3.55. The van der Waals surface area contributed by atoms with Gasteiger partial charge in [-0.1, -0.05) is 18.2 Å². The van der Waals surface area contributed by atoms with E-state index in [1.165, 1.54) is 26.4 Å². The second-order valence-corrected chi connectivity index (χ2v) is 9.44. The number of hydrogen-bond acceptors (Lipinski definition) is 10. The second-order valence-electron chi connectivity index (χ2n) is 9.44. The lowest BCUT2D eigenvalue weighted by Crippen LogP contribution is -2.36. The van der Waals surface area contributed by atoms with Gasteiger partial charge in [-0.05, 0) is 30.7 Å². The quantitative estimate of drug-likeness (QED) is 0.255. The first-order valence-corrected chi connectivity index (χ1v) is 12.3. The summed E-state index contributed by atoms with van der Waals surface area (Å²) in [5.41, 5.74) is 3.95. The Labute approximate surface area is 223 Å². The molecule has 0 aromatic heterocycles. The van der Waals surface area contributed by atoms with Crippen molar-refractivity contribution in [3.63, 3.8) is 0 Å². The molecule has 202 valence electrons. The Morgan fingerprint density at radius 1 is 1.00 bits per heavy atom. The maximum Gasteiger partial charge on any atom is 0.343 e. The summed E-state index contributed by atoms with van der Waals surface area (Å²) >= 11 is 0. The Morgan fingerprint density at radius 2 is 1.77 bits per heavy atom. The Hall–Kier alpha value is -4.51. The van der Waals surface area contributed by atoms with E-state index in [1.807, 2.05) is 19.2 Å². The van der Waals surface area contributed by atoms with Gasteiger partial charge < -0.3 is 28.4 Å². The normalized spacial score (nSPS) is 19.2. The van der Waals surface area contributed by atoms with Gasteiger partial charge in [0.2, 0.25) is 12.5 Å². The number of ether oxygens (including phenoxy) is 6. The third-order valence-electron chi connectivity index (χ3n) is 7.56. The third kappa shape index (κ3) is 3.64. The van der Waals surface area contributed by atoms with Crippen LogP contribution in [0.3, 0.4) is 0 Å². The molecule has 3 aromatic rings. The van der Waals surface area contributed by atoms with Gasteiger partial charge in [0.25, 0.3) is 5.69 Å². The molecule has 0 aliphatic carbocycles. The van der Waals surface area contributed by atoms with Gasteiger partial charge in [0, 0.05) is 35.4 Å². The van der Waals surface area contributed by atoms with Crippen molar-refractivity contribution >= 4 is 11.7 Å². The lowest BCUT2D eigenvalue weighted by atomic mass is 9.81. The van der Waals surface area contributed by atoms with Gasteiger partial charge in [-0.3, -0.25) is 15.0 Å². The van der Waals surface area contributed by atoms with Crippen LogP contribution in [-0.2, 0) is 11.2 Å². The molecule has 3 aliphatic heterocycles. The molecular formula is C28H26N2O9. The lowest BCUT2D eigenvalue weighted by molar-refractivity contribution is -0.384. The van der Waals surface area contributed by atoms with E-state index in [-0.39, 0.29) is 12.5 Å². The topological polar surface area (TPSA) is 119 Å². The number of rotatable bonds is 6. The molecule has 39 heavy (non-hydrogen) atoms. The van der Waals surface area contributed by atoms with E-state index in [9.17, 15) is 14.9 Å². The molecule has 0 spiro atoms. The van der Waals surface area contributed by atoms with E-state index < -0.39 is 23.0 Å². The zero-order valence-corrected chi connectivity index (χ0v) is 21.8. The summed E-state index contributed by atoms with van der Waals surface area (Å²) in [4.78, 5) is 26.5. The zero-order valence-electron chi connectivity index (χ0n) is 21.8. The standard InChI is InChI=1S/C28H26N2O9/c1-29-11-10-16-19(14-6-5-7-15(12-14)30(32)33)26-27(38-13-37-26)25(36-4)20(16)22(29)23-17-8-9-18(34-2)24(35-3)21(17)28(31)39-23/h5-9,12,22-23H,10-11,13H2,1-4H3. The molecule has 2 unspecified atom stereocenters. The predicted octanol–water partition coefficient (Wildman–Crippen LogP) is 4.46. The molecule has 0 bridgehead atoms. The van der Waals surface area contributed by atoms with Crippen LogP contribution in [0.1, 0.15) is 39.2 Å². The number of methoxy groups -OCH3 is 3. The van der Waals surface area contributed by atoms with E-state index in [0.717, 1.165) is 11.1 Å². The van der Waals surface area contributed by atoms with Crippen molar-refractivity contribution in [2.75, 3.05) is 41.7 Å². The number of non-ortho nitro benzene ring substituents is 1. The van der Waals surface area contributed by atoms with E-state index >= 15 is 0 Å². The van der Waals surface area contributed by atoms with Gasteiger partial charge >= 0.3 is 5.97 Å². The number of nitro groups is 1. The summed E-state index contributed by atoms with van der Waals surface area (Å²) in [6.07, 6.45) is -0.0871. The average molecular weight is 535 g/mol. The summed E-state index contributed by atoms with van der Waals surface area (Å²) in [7, 11) is 6.50. The molecule has 0 N–H and O–H groups in total. The van der Waals surface area contributed by atoms with Crippen LogP contribution in [0.25, 0.3) is 11.1 Å². The molecular weight excluding hydrogens is 508 g/mol. The first-order chi connectivity index (χ1) is 18.9. The second kappa shape index (κ2) is 9.35. The van der Waals surface area contributed by atoms with Crippen LogP contribution in [0.2, 0.25) is 0 Å². The van der Waals surface area contributed by atoms with E-state index in [4.69, 9.17) is 28.4 Å². The summed E-state index contributed by atoms with van der Waals surface area (Å²) in [5, 5.41) is 11.6. The Kier molecular flexibility index (Phi) is 5.95. The zero-order chi connectivity index (χ0) is 27.4. The van der Waals surface area contributed by atoms with Crippen LogP contribution < -0.4 is 23.7 Å². The SMILES string of the molecule is COc1ccc2c(c1OC)C(=O)OC2C1c2c(c(-c3cccc([N+](=O)[O-])c3)c3c(c2OC)OCO3)CCN1C. The predicted molar refractivity (Wildman–Crippen MR) is 138 cm³/mol. The van der Waals surface area contributed by atoms with Gasteiger partial charge in [0.15, 0.2) is 23.0 Å². The highest BCUT2D eigenvalue weighted by Crippen LogP contribution is 2.59. The van der Waals surface area contributed by atoms with Crippen LogP contribution in [0.4, 0.5) is 5.69 Å². The molecule has 0 amide bonds. The molecule has 0 fully saturated rings. The first-order valence-electron chi connectivity index (χ1n) is 12.3. The molecule has 2 atom stereocenters. The molecule has 3 aromatic carbocycles. The van der Waals surface area contributed by atoms with Crippen molar-refractivity contribution < 1.29 is 38.1 Å². The van der Waals surface area contributed by atoms with Crippen molar-refractivity contribution in [1.29, 1.82) is 0 Å². The van der Waals surface area contributed by atoms with Crippen molar-refractivity contribution in [2.45, 2.75) is 18.6 Å². The van der Waals surface area contributed by atoms with E-state index in [1.54, 1.807) is 19.2 Å². The van der Waals surface area contributed by atoms with Crippen molar-refractivity contribution in [3.8, 4) is 39.9 Å². The fraction of sp³-hybridized carbons (Fsp3) is 0.321. The fourth-order valence-electron chi connectivity index (χ4n) is 5.91. The summed E-state index contributed by atoms with van der Waals surface area (Å²) in [6, 6.07) is 9.54. The van der Waals surface area contributed by atoms with Crippen LogP contribution in [0.5, 0.6) is 28.7 Å². The Balaban J connectivity index is 1.60. The first kappa shape index (κ1) is 24.8. The van der Waals surface area contributed by atoms with Crippen molar-refractivity contribution in [3.05, 3.63) is 68.8 Å². The van der Waals surface area contributed by atoms with Crippen LogP contribution in [-0.4, -0.2) is 57.5 Å². The van der Waals surface area contributed by atoms with Crippen molar-refractivity contribution in [2.24, 2.45) is 0 Å². The summed E-state index contributed by atoms with van der Waals surface area (Å²) in [6.45, 7) is 0.605. The maximum atomic E-state index is 13.2. The highest BCUT2D eigenvalue weighted by Gasteiger charge is 2.47. The summed E-state index contributed by atoms with van der Waals surface area (Å²) in [5.74, 6) is 1.61. The maximum absolute atomic E-state index is 13.2. The van der Waals surface area contributed by atoms with E-state index in [2.05, 4.69) is 4.90 Å². The van der Waals surface area contributed by atoms with Crippen LogP contribution in [0.15, 0.2) is 36.4 Å². The molecule has 6 rings (SSSR count). The van der Waals surface area contributed by atoms with E-state index in [0.29, 0.717) is 64.0 Å². The van der Waals surface area contributed by atoms with Gasteiger partial charge in [-0.25, -0.2) is 4.79 Å². The molecule has 0 saturated heterocycles. The number of hydrogen-bond donors (Lipinski definition) is 0. The number of fused-ring (bicyclic) bond motifs is 3. The molecule has 0 radical (unpaired) electrons. The van der Waals surface area contributed by atoms with Crippen LogP contribution in [0, 0.1) is 10.1 Å². The highest BCUT2D eigenvalue weighted by atomic mass is 16.7. The molecule has 11 heteroatoms. The highest BCUT2D eigenvalue weighted by molar-refractivity contribution is 5.98. The molecule has 0 saturated carbocycles. The number of benzene rings is 3. The number of likely N-dealkylation sites (N-methyl/N-ethyl adjacent to an activating group) is 1. The lowest BCUT2D eigenvalue weighted by Gasteiger charge is -2.39. The number of carbonyl (C=O) groups is 1. The third-order valence-corrected chi connectivity index (χ3v) is 7.56. The molecule has 3 aliphatic rings. The van der Waals surface area contributed by atoms with Crippen LogP contribution >= 0.6 is 0 Å². The number of esters is 1. The molecule has 11 nitrogen and oxygen atoms in total. The smallest absolute Gasteiger partial charge is 0.343 e. The number of cyclic esters (lactones) is 1. The van der Waals surface area contributed by atoms with Gasteiger partial charge in [0.05, 0.1) is 32.3 Å². The van der Waals surface area contributed by atoms with Gasteiger partial charge in [-0.2, -0.15) is 0 Å². The van der Waals surface area contributed by atoms with Gasteiger partial charge in [-0.15, -0.1) is 0 Å². The number of carbonyl (C=O) groups excluding carboxylic acids is 1. The number of nitrogens with zero attached hydrogens (tertiary/aromatic N) is 2. The summed E-state index contributed by atoms with van der Waals surface area (Å²) < 4.78 is 34.7. The Morgan fingerprint density at radius 3 is 2.49 bits per heavy atom. The minimum atomic E-state index is -0.691. The van der Waals surface area contributed by atoms with Crippen molar-refractivity contribution in [1.82, 2.24) is 4.90 Å². The fourth-order valence-corrected chi connectivity index (χ4v) is 5.91. The molecule has 3 heterocycles. The monoisotopic (exact) mass is 534 g/mol. The van der Waals surface area contributed by atoms with Gasteiger partial charge in [0.1, 0.15) is 11.7 Å². The minimum absolute atomic E-state index is 0.0186. The minimum Gasteiger partial charge on any atom is -0.493 e. The Bertz CT molecular complexity index is 1520. The number of nitro benzene ring substituents is 1.